The van der Waals surface area contributed by atoms with Crippen LogP contribution >= 0.6 is 15.9 Å². The molecule has 0 aliphatic heterocycles. The summed E-state index contributed by atoms with van der Waals surface area (Å²) in [6.07, 6.45) is 2.68. The molecule has 12 heavy (non-hydrogen) atoms. The van der Waals surface area contributed by atoms with E-state index in [1.165, 1.54) is 12.4 Å². The molecule has 0 radical (unpaired) electrons. The Morgan fingerprint density at radius 3 is 2.33 bits per heavy atom. The molecule has 1 heterocycles. The van der Waals surface area contributed by atoms with Crippen molar-refractivity contribution in [2.45, 2.75) is 0 Å². The summed E-state index contributed by atoms with van der Waals surface area (Å²) in [5.74, 6) is 0. The van der Waals surface area contributed by atoms with E-state index in [0.717, 1.165) is 0 Å². The Morgan fingerprint density at radius 2 is 1.92 bits per heavy atom. The van der Waals surface area contributed by atoms with Gasteiger partial charge in [0, 0.05) is 12.4 Å². The van der Waals surface area contributed by atoms with Gasteiger partial charge in [-0.05, 0) is 15.9 Å². The fraction of sp³-hybridized carbons (Fsp3) is 0. The third kappa shape index (κ3) is 3.11. The van der Waals surface area contributed by atoms with Crippen molar-refractivity contribution in [3.8, 4) is 6.01 Å². The summed E-state index contributed by atoms with van der Waals surface area (Å²) >= 11 is 3.06. The number of hydrogen-bond acceptors (Lipinski definition) is 5. The van der Waals surface area contributed by atoms with Crippen LogP contribution in [0.1, 0.15) is 0 Å². The first-order valence-electron chi connectivity index (χ1n) is 2.67. The zero-order valence-electron chi connectivity index (χ0n) is 5.64. The number of rotatable bonds is 2. The molecule has 66 valence electrons. The average Bonchev–Trinajstić information content (AvgIpc) is 1.91. The molecule has 0 bridgehead atoms. The number of nitrogens with two attached hydrogens (primary N) is 1. The third-order valence-corrected chi connectivity index (χ3v) is 1.58. The molecule has 0 saturated heterocycles. The van der Waals surface area contributed by atoms with Gasteiger partial charge < -0.3 is 4.18 Å². The van der Waals surface area contributed by atoms with Crippen LogP contribution in [0.25, 0.3) is 0 Å². The van der Waals surface area contributed by atoms with Crippen LogP contribution in [0.2, 0.25) is 0 Å². The van der Waals surface area contributed by atoms with Gasteiger partial charge in [-0.2, -0.15) is 13.6 Å². The van der Waals surface area contributed by atoms with E-state index in [1.54, 1.807) is 0 Å². The van der Waals surface area contributed by atoms with Gasteiger partial charge in [0.05, 0.1) is 4.47 Å². The summed E-state index contributed by atoms with van der Waals surface area (Å²) in [6, 6.07) is -0.305. The largest absolute Gasteiger partial charge is 0.382 e. The van der Waals surface area contributed by atoms with Gasteiger partial charge in [-0.3, -0.25) is 0 Å². The molecule has 0 aliphatic carbocycles. The molecule has 0 spiro atoms. The van der Waals surface area contributed by atoms with Crippen molar-refractivity contribution in [1.29, 1.82) is 0 Å². The molecule has 0 aliphatic rings. The van der Waals surface area contributed by atoms with Gasteiger partial charge in [0.15, 0.2) is 0 Å². The van der Waals surface area contributed by atoms with Crippen LogP contribution < -0.4 is 9.32 Å². The Labute approximate surface area is 77.2 Å². The molecule has 0 saturated carbocycles. The fourth-order valence-corrected chi connectivity index (χ4v) is 0.946. The van der Waals surface area contributed by atoms with E-state index in [9.17, 15) is 8.42 Å². The summed E-state index contributed by atoms with van der Waals surface area (Å²) in [6.45, 7) is 0. The smallest absolute Gasteiger partial charge is 0.331 e. The molecule has 8 heteroatoms. The van der Waals surface area contributed by atoms with Crippen LogP contribution in [-0.2, 0) is 10.3 Å². The van der Waals surface area contributed by atoms with E-state index in [2.05, 4.69) is 35.2 Å². The van der Waals surface area contributed by atoms with Crippen molar-refractivity contribution in [2.75, 3.05) is 0 Å². The molecular formula is C4H4BrN3O3S. The van der Waals surface area contributed by atoms with Crippen molar-refractivity contribution in [2.24, 2.45) is 5.14 Å². The summed E-state index contributed by atoms with van der Waals surface area (Å²) in [5, 5.41) is 4.56. The van der Waals surface area contributed by atoms with Crippen molar-refractivity contribution in [3.63, 3.8) is 0 Å². The van der Waals surface area contributed by atoms with Gasteiger partial charge >= 0.3 is 16.3 Å². The Bertz CT molecular complexity index is 362. The Hall–Kier alpha value is -0.730. The topological polar surface area (TPSA) is 95.2 Å². The lowest BCUT2D eigenvalue weighted by molar-refractivity contribution is 0.465. The van der Waals surface area contributed by atoms with Crippen LogP contribution in [0, 0.1) is 0 Å². The van der Waals surface area contributed by atoms with Gasteiger partial charge in [-0.15, -0.1) is 0 Å². The zero-order valence-corrected chi connectivity index (χ0v) is 8.04. The Morgan fingerprint density at radius 1 is 1.42 bits per heavy atom. The maximum atomic E-state index is 10.3. The van der Waals surface area contributed by atoms with Crippen molar-refractivity contribution >= 4 is 26.2 Å². The second kappa shape index (κ2) is 3.33. The third-order valence-electron chi connectivity index (χ3n) is 0.787. The van der Waals surface area contributed by atoms with E-state index in [4.69, 9.17) is 0 Å². The average molecular weight is 254 g/mol. The lowest BCUT2D eigenvalue weighted by atomic mass is 10.7. The monoisotopic (exact) mass is 253 g/mol. The molecule has 2 N–H and O–H groups in total. The van der Waals surface area contributed by atoms with Gasteiger partial charge in [-0.1, -0.05) is 0 Å². The second-order valence-electron chi connectivity index (χ2n) is 1.76. The normalized spacial score (nSPS) is 11.2. The highest BCUT2D eigenvalue weighted by molar-refractivity contribution is 9.10. The summed E-state index contributed by atoms with van der Waals surface area (Å²) in [5.41, 5.74) is 0. The second-order valence-corrected chi connectivity index (χ2v) is 3.83. The molecule has 1 rings (SSSR count). The highest BCUT2D eigenvalue weighted by Gasteiger charge is 2.06. The maximum Gasteiger partial charge on any atom is 0.382 e. The fourth-order valence-electron chi connectivity index (χ4n) is 0.447. The van der Waals surface area contributed by atoms with Crippen LogP contribution in [0.3, 0.4) is 0 Å². The SMILES string of the molecule is NS(=O)(=O)Oc1ncc(Br)cn1. The first-order valence-corrected chi connectivity index (χ1v) is 4.93. The highest BCUT2D eigenvalue weighted by atomic mass is 79.9. The van der Waals surface area contributed by atoms with E-state index in [0.29, 0.717) is 4.47 Å². The van der Waals surface area contributed by atoms with Crippen molar-refractivity contribution < 1.29 is 12.6 Å². The molecule has 0 fully saturated rings. The number of nitrogens with zero attached hydrogens (tertiary/aromatic N) is 2. The standard InChI is InChI=1S/C4H4BrN3O3S/c5-3-1-7-4(8-2-3)11-12(6,9)10/h1-2H,(H2,6,9,10). The van der Waals surface area contributed by atoms with Crippen LogP contribution in [0.15, 0.2) is 16.9 Å². The minimum Gasteiger partial charge on any atom is -0.331 e. The summed E-state index contributed by atoms with van der Waals surface area (Å²) in [4.78, 5) is 7.05. The molecule has 0 atom stereocenters. The first kappa shape index (κ1) is 9.36. The predicted molar refractivity (Wildman–Crippen MR) is 43.5 cm³/mol. The predicted octanol–water partition coefficient (Wildman–Crippen LogP) is -0.179. The quantitative estimate of drug-likeness (QED) is 0.789. The minimum absolute atomic E-state index is 0.305. The number of hydrogen-bond donors (Lipinski definition) is 1. The lowest BCUT2D eigenvalue weighted by Gasteiger charge is -1.97. The van der Waals surface area contributed by atoms with Gasteiger partial charge in [0.1, 0.15) is 0 Å². The summed E-state index contributed by atoms with van der Waals surface area (Å²) in [7, 11) is -4.03. The van der Waals surface area contributed by atoms with Crippen LogP contribution in [-0.4, -0.2) is 18.4 Å². The van der Waals surface area contributed by atoms with Gasteiger partial charge in [0.25, 0.3) is 0 Å². The first-order chi connectivity index (χ1) is 5.47. The number of halogens is 1. The van der Waals surface area contributed by atoms with Crippen molar-refractivity contribution in [3.05, 3.63) is 16.9 Å². The molecular weight excluding hydrogens is 250 g/mol. The number of aromatic nitrogens is 2. The van der Waals surface area contributed by atoms with Gasteiger partial charge in [0.2, 0.25) is 0 Å². The Kier molecular flexibility index (Phi) is 2.60. The van der Waals surface area contributed by atoms with Crippen LogP contribution in [0.4, 0.5) is 0 Å². The molecule has 1 aromatic heterocycles. The summed E-state index contributed by atoms with van der Waals surface area (Å²) < 4.78 is 25.5. The minimum atomic E-state index is -4.03. The molecule has 1 aromatic rings. The van der Waals surface area contributed by atoms with E-state index < -0.39 is 10.3 Å². The molecule has 0 aromatic carbocycles. The van der Waals surface area contributed by atoms with Crippen molar-refractivity contribution in [1.82, 2.24) is 9.97 Å². The lowest BCUT2D eigenvalue weighted by Crippen LogP contribution is -2.20. The highest BCUT2D eigenvalue weighted by Crippen LogP contribution is 2.08. The van der Waals surface area contributed by atoms with E-state index >= 15 is 0 Å². The molecule has 0 unspecified atom stereocenters. The molecule has 6 nitrogen and oxygen atoms in total. The van der Waals surface area contributed by atoms with E-state index in [1.807, 2.05) is 0 Å². The van der Waals surface area contributed by atoms with Gasteiger partial charge in [-0.25, -0.2) is 9.97 Å². The van der Waals surface area contributed by atoms with E-state index in [-0.39, 0.29) is 6.01 Å². The zero-order chi connectivity index (χ0) is 9.19. The maximum absolute atomic E-state index is 10.3. The Balaban J connectivity index is 2.85. The van der Waals surface area contributed by atoms with Crippen LogP contribution in [0.5, 0.6) is 6.01 Å². The molecule has 0 amide bonds.